The van der Waals surface area contributed by atoms with Gasteiger partial charge in [-0.25, -0.2) is 0 Å². The number of aliphatic hydroxyl groups is 35. The summed E-state index contributed by atoms with van der Waals surface area (Å²) in [6.07, 6.45) is -56.5. The van der Waals surface area contributed by atoms with Crippen LogP contribution in [0.2, 0.25) is 0 Å². The van der Waals surface area contributed by atoms with Gasteiger partial charge in [0.15, 0.2) is 0 Å². The Kier molecular flexibility index (Phi) is 61.7. The van der Waals surface area contributed by atoms with Crippen molar-refractivity contribution in [3.63, 3.8) is 0 Å². The smallest absolute Gasteiger partial charge is 0.122 e. The summed E-state index contributed by atoms with van der Waals surface area (Å²) < 4.78 is 0. The number of aliphatic hydroxyl groups excluding tert-OH is 35. The Labute approximate surface area is 526 Å². The topological polar surface area (TPSA) is 989 Å². The summed E-state index contributed by atoms with van der Waals surface area (Å²) in [6, 6.07) is 0. The SMILES string of the molecule is O=C([O-])[C@H](O)[C@@H](O)[C@H](O)[C@H](O)CO.O=C([O-])[C@H](O)[C@@H](O)[C@H](O)[C@H](O)CO.O=C([O-])[C@H](O)[C@@H](O)[C@H](O)[C@H](O)CO.O=C([O-])[C@H](O)[C@@H](O)[C@H](O)[C@H](O)CO.O=C([O-])[C@H](O)[C@@H](O)[C@H](O)[C@H](O)CO.O=C([O-])[C@H](O)[C@@H](O)[C@H](O)[C@H](O)CO.O=C([O-])[C@H](O)[C@@H](O)[C@H](O)[C@H](O)CO.[Re]. The molecular weight excluding hydrogens is 1470 g/mol. The van der Waals surface area contributed by atoms with Crippen molar-refractivity contribution in [2.75, 3.05) is 46.2 Å². The number of carbonyl (C=O) groups is 7. The second-order valence-electron chi connectivity index (χ2n) is 17.5. The molecule has 0 aromatic rings. The zero-order chi connectivity index (χ0) is 74.2. The van der Waals surface area contributed by atoms with Crippen molar-refractivity contribution < 1.29 is 268 Å². The molecule has 0 fully saturated rings. The molecule has 92 heavy (non-hydrogen) atoms. The summed E-state index contributed by atoms with van der Waals surface area (Å²) in [5, 5.41) is 374. The molecule has 35 N–H and O–H groups in total. The van der Waals surface area contributed by atoms with E-state index >= 15 is 0 Å². The second kappa shape index (κ2) is 54.8. The molecule has 1 radical (unpaired) electrons. The van der Waals surface area contributed by atoms with Crippen LogP contribution in [-0.4, -0.2) is 438 Å². The second-order valence-corrected chi connectivity index (χ2v) is 17.5. The molecule has 0 aliphatic rings. The Morgan fingerprint density at radius 3 is 0.283 bits per heavy atom. The Morgan fingerprint density at radius 1 is 0.174 bits per heavy atom. The van der Waals surface area contributed by atoms with Gasteiger partial charge in [-0.15, -0.1) is 0 Å². The summed E-state index contributed by atoms with van der Waals surface area (Å²) in [7, 11) is 0. The minimum Gasteiger partial charge on any atom is -0.547 e. The van der Waals surface area contributed by atoms with E-state index in [1.165, 1.54) is 0 Å². The molecule has 0 saturated carbocycles. The van der Waals surface area contributed by atoms with Crippen molar-refractivity contribution in [2.45, 2.75) is 171 Å². The molecule has 0 aliphatic heterocycles. The first-order valence-corrected chi connectivity index (χ1v) is 24.2. The summed E-state index contributed by atoms with van der Waals surface area (Å²) in [4.78, 5) is 69.9. The number of carboxylic acid groups (broad SMARTS) is 7. The minimum atomic E-state index is -2.31. The van der Waals surface area contributed by atoms with Gasteiger partial charge in [-0.2, -0.15) is 0 Å². The van der Waals surface area contributed by atoms with Gasteiger partial charge < -0.3 is 248 Å². The van der Waals surface area contributed by atoms with E-state index in [1.54, 1.807) is 0 Å². The van der Waals surface area contributed by atoms with Crippen molar-refractivity contribution in [2.24, 2.45) is 0 Å². The van der Waals surface area contributed by atoms with Crippen LogP contribution in [0.1, 0.15) is 0 Å². The van der Waals surface area contributed by atoms with Gasteiger partial charge in [-0.1, -0.05) is 0 Å². The Balaban J connectivity index is -0.000000149. The van der Waals surface area contributed by atoms with Crippen LogP contribution in [0, 0.1) is 0 Å². The number of hydrogen-bond acceptors (Lipinski definition) is 49. The predicted octanol–water partition coefficient (Wildman–Crippen LogP) is -33.8. The van der Waals surface area contributed by atoms with E-state index in [-0.39, 0.29) is 20.4 Å². The molecule has 0 rings (SSSR count). The third-order valence-corrected chi connectivity index (χ3v) is 10.5. The third-order valence-electron chi connectivity index (χ3n) is 10.5. The molecule has 0 heterocycles. The van der Waals surface area contributed by atoms with Gasteiger partial charge in [0.25, 0.3) is 0 Å². The standard InChI is InChI=1S/7C6H12O7.Re/c7*7-1-2(8)3(9)4(10)5(11)6(12)13;/h7*2-5,7-11H,1H2,(H,12,13);/p-7/t7*2-,3-,4+,5-;/m1111111./s1. The van der Waals surface area contributed by atoms with E-state index in [4.69, 9.17) is 179 Å². The molecule has 0 aromatic heterocycles. The van der Waals surface area contributed by atoms with Gasteiger partial charge in [-0.05, 0) is 0 Å². The van der Waals surface area contributed by atoms with Crippen molar-refractivity contribution in [1.82, 2.24) is 0 Å². The first-order valence-electron chi connectivity index (χ1n) is 24.2. The fraction of sp³-hybridized carbons (Fsp3) is 0.833. The number of hydrogen-bond donors (Lipinski definition) is 35. The molecule has 0 spiro atoms. The molecule has 0 aromatic carbocycles. The van der Waals surface area contributed by atoms with E-state index < -0.39 is 259 Å². The monoisotopic (exact) mass is 1550 g/mol. The van der Waals surface area contributed by atoms with E-state index in [0.29, 0.717) is 0 Å². The molecule has 553 valence electrons. The zero-order valence-electron chi connectivity index (χ0n) is 46.4. The van der Waals surface area contributed by atoms with Crippen LogP contribution in [0.15, 0.2) is 0 Å². The van der Waals surface area contributed by atoms with Crippen LogP contribution in [0.5, 0.6) is 0 Å². The largest absolute Gasteiger partial charge is 0.547 e. The van der Waals surface area contributed by atoms with Crippen molar-refractivity contribution in [3.8, 4) is 0 Å². The van der Waals surface area contributed by atoms with Crippen molar-refractivity contribution >= 4 is 41.8 Å². The molecule has 28 atom stereocenters. The van der Waals surface area contributed by atoms with E-state index in [0.717, 1.165) is 0 Å². The fourth-order valence-corrected chi connectivity index (χ4v) is 4.63. The first-order chi connectivity index (χ1) is 41.4. The summed E-state index contributed by atoms with van der Waals surface area (Å²) in [5.74, 6) is -13.8. The minimum absolute atomic E-state index is 0. The van der Waals surface area contributed by atoms with Gasteiger partial charge in [0.2, 0.25) is 0 Å². The maximum Gasteiger partial charge on any atom is 0.122 e. The predicted molar refractivity (Wildman–Crippen MR) is 253 cm³/mol. The number of carbonyl (C=O) groups excluding carboxylic acids is 7. The maximum absolute atomic E-state index is 9.98. The van der Waals surface area contributed by atoms with Crippen molar-refractivity contribution in [3.05, 3.63) is 0 Å². The summed E-state index contributed by atoms with van der Waals surface area (Å²) >= 11 is 0. The van der Waals surface area contributed by atoms with Crippen LogP contribution < -0.4 is 35.7 Å². The fourth-order valence-electron chi connectivity index (χ4n) is 4.63. The molecule has 0 unspecified atom stereocenters. The molecule has 49 nitrogen and oxygen atoms in total. The van der Waals surface area contributed by atoms with Gasteiger partial charge in [0.05, 0.1) is 88.0 Å². The Hall–Kier alpha value is -4.45. The quantitative estimate of drug-likeness (QED) is 0.0280. The van der Waals surface area contributed by atoms with Crippen molar-refractivity contribution in [1.29, 1.82) is 0 Å². The van der Waals surface area contributed by atoms with Crippen LogP contribution >= 0.6 is 0 Å². The molecule has 0 aliphatic carbocycles. The molecule has 0 saturated heterocycles. The average Bonchev–Trinajstić information content (AvgIpc) is 2.31. The van der Waals surface area contributed by atoms with Gasteiger partial charge in [0.1, 0.15) is 171 Å². The molecule has 50 heteroatoms. The van der Waals surface area contributed by atoms with E-state index in [9.17, 15) is 69.3 Å². The first kappa shape index (κ1) is 104. The number of rotatable bonds is 35. The Morgan fingerprint density at radius 2 is 0.239 bits per heavy atom. The van der Waals surface area contributed by atoms with Gasteiger partial charge >= 0.3 is 0 Å². The number of carboxylic acids is 7. The normalized spacial score (nSPS) is 20.2. The number of aliphatic carboxylic acids is 7. The summed E-state index contributed by atoms with van der Waals surface area (Å²) in [5.41, 5.74) is 0. The molecular formula is C42H77O49Re-7. The van der Waals surface area contributed by atoms with E-state index in [1.807, 2.05) is 0 Å². The molecule has 0 amide bonds. The van der Waals surface area contributed by atoms with Gasteiger partial charge in [-0.3, -0.25) is 0 Å². The summed E-state index contributed by atoms with van der Waals surface area (Å²) in [6.45, 7) is -6.04. The molecule has 0 bridgehead atoms. The van der Waals surface area contributed by atoms with Crippen LogP contribution in [0.25, 0.3) is 0 Å². The maximum atomic E-state index is 9.98. The Bertz CT molecular complexity index is 1570. The van der Waals surface area contributed by atoms with Gasteiger partial charge in [0, 0.05) is 20.4 Å². The van der Waals surface area contributed by atoms with Crippen LogP contribution in [0.3, 0.4) is 0 Å². The van der Waals surface area contributed by atoms with E-state index in [2.05, 4.69) is 0 Å². The third kappa shape index (κ3) is 41.4. The zero-order valence-corrected chi connectivity index (χ0v) is 49.1. The van der Waals surface area contributed by atoms with Crippen LogP contribution in [-0.2, 0) is 54.0 Å². The van der Waals surface area contributed by atoms with Crippen LogP contribution in [0.4, 0.5) is 0 Å². The average molecular weight is 1550 g/mol.